The SMILES string of the molecule is NC(=O)CSc1nnc(SCC(=O)Nc2nc(-c3ccc(F)c(F)c3)cs2)s1. The highest BCUT2D eigenvalue weighted by Crippen LogP contribution is 2.29. The molecule has 3 rings (SSSR count). The largest absolute Gasteiger partial charge is 0.369 e. The lowest BCUT2D eigenvalue weighted by Gasteiger charge is -2.00. The number of nitrogens with zero attached hydrogens (tertiary/aromatic N) is 3. The van der Waals surface area contributed by atoms with E-state index in [0.29, 0.717) is 25.1 Å². The topological polar surface area (TPSA) is 111 Å². The van der Waals surface area contributed by atoms with Crippen LogP contribution in [0.2, 0.25) is 0 Å². The first-order valence-corrected chi connectivity index (χ1v) is 11.2. The maximum absolute atomic E-state index is 13.3. The van der Waals surface area contributed by atoms with E-state index in [0.717, 1.165) is 12.1 Å². The van der Waals surface area contributed by atoms with Gasteiger partial charge in [0.2, 0.25) is 11.8 Å². The summed E-state index contributed by atoms with van der Waals surface area (Å²) in [7, 11) is 0. The smallest absolute Gasteiger partial charge is 0.236 e. The number of anilines is 1. The van der Waals surface area contributed by atoms with Crippen molar-refractivity contribution >= 4 is 63.1 Å². The first-order chi connectivity index (χ1) is 13.4. The fourth-order valence-corrected chi connectivity index (χ4v) is 5.14. The van der Waals surface area contributed by atoms with Crippen LogP contribution in [0.4, 0.5) is 13.9 Å². The number of halogens is 2. The molecule has 0 atom stereocenters. The molecule has 13 heteroatoms. The number of carbonyl (C=O) groups excluding carboxylic acids is 2. The fraction of sp³-hybridized carbons (Fsp3) is 0.133. The zero-order chi connectivity index (χ0) is 20.1. The number of aromatic nitrogens is 3. The van der Waals surface area contributed by atoms with E-state index >= 15 is 0 Å². The third-order valence-corrected chi connectivity index (χ3v) is 6.99. The van der Waals surface area contributed by atoms with Crippen molar-refractivity contribution in [2.75, 3.05) is 16.8 Å². The monoisotopic (exact) mass is 459 g/mol. The van der Waals surface area contributed by atoms with Crippen LogP contribution in [0, 0.1) is 11.6 Å². The van der Waals surface area contributed by atoms with Crippen LogP contribution in [0.3, 0.4) is 0 Å². The summed E-state index contributed by atoms with van der Waals surface area (Å²) in [6, 6.07) is 3.49. The minimum absolute atomic E-state index is 0.0925. The number of thioether (sulfide) groups is 2. The standard InChI is InChI=1S/C15H11F2N5O2S4/c16-8-2-1-7(3-9(8)17)10-4-25-13(19-10)20-12(24)6-27-15-22-21-14(28-15)26-5-11(18)23/h1-4H,5-6H2,(H2,18,23)(H,19,20,24). The van der Waals surface area contributed by atoms with E-state index in [9.17, 15) is 18.4 Å². The van der Waals surface area contributed by atoms with Gasteiger partial charge in [-0.25, -0.2) is 13.8 Å². The first-order valence-electron chi connectivity index (χ1n) is 7.49. The van der Waals surface area contributed by atoms with Crippen LogP contribution in [-0.4, -0.2) is 38.5 Å². The normalized spacial score (nSPS) is 10.8. The Kier molecular flexibility index (Phi) is 6.93. The van der Waals surface area contributed by atoms with Gasteiger partial charge in [0.05, 0.1) is 17.2 Å². The third-order valence-electron chi connectivity index (χ3n) is 3.02. The second-order valence-electron chi connectivity index (χ2n) is 5.09. The quantitative estimate of drug-likeness (QED) is 0.498. The van der Waals surface area contributed by atoms with Crippen LogP contribution in [0.15, 0.2) is 32.3 Å². The summed E-state index contributed by atoms with van der Waals surface area (Å²) >= 11 is 4.83. The van der Waals surface area contributed by atoms with E-state index in [1.165, 1.54) is 52.3 Å². The van der Waals surface area contributed by atoms with Crippen molar-refractivity contribution < 1.29 is 18.4 Å². The average molecular weight is 460 g/mol. The number of benzene rings is 1. The van der Waals surface area contributed by atoms with Crippen molar-refractivity contribution in [3.8, 4) is 11.3 Å². The molecule has 0 saturated heterocycles. The van der Waals surface area contributed by atoms with Gasteiger partial charge in [0.1, 0.15) is 0 Å². The Labute approximate surface area is 174 Å². The molecule has 0 bridgehead atoms. The minimum atomic E-state index is -0.960. The Morgan fingerprint density at radius 1 is 1.11 bits per heavy atom. The van der Waals surface area contributed by atoms with Gasteiger partial charge in [0.15, 0.2) is 25.4 Å². The highest BCUT2D eigenvalue weighted by atomic mass is 32.2. The van der Waals surface area contributed by atoms with Gasteiger partial charge in [-0.1, -0.05) is 34.9 Å². The fourth-order valence-electron chi connectivity index (χ4n) is 1.85. The Morgan fingerprint density at radius 2 is 1.82 bits per heavy atom. The van der Waals surface area contributed by atoms with Crippen molar-refractivity contribution in [3.63, 3.8) is 0 Å². The molecule has 0 radical (unpaired) electrons. The number of rotatable bonds is 8. The van der Waals surface area contributed by atoms with Crippen molar-refractivity contribution in [2.45, 2.75) is 8.68 Å². The van der Waals surface area contributed by atoms with E-state index in [1.54, 1.807) is 5.38 Å². The second-order valence-corrected chi connectivity index (χ2v) is 9.37. The second kappa shape index (κ2) is 9.41. The summed E-state index contributed by atoms with van der Waals surface area (Å²) in [6.45, 7) is 0. The summed E-state index contributed by atoms with van der Waals surface area (Å²) in [6.07, 6.45) is 0. The van der Waals surface area contributed by atoms with Gasteiger partial charge < -0.3 is 11.1 Å². The van der Waals surface area contributed by atoms with Crippen molar-refractivity contribution in [1.29, 1.82) is 0 Å². The molecule has 0 aliphatic heterocycles. The number of nitrogens with one attached hydrogen (secondary N) is 1. The molecule has 7 nitrogen and oxygen atoms in total. The van der Waals surface area contributed by atoms with Gasteiger partial charge in [-0.2, -0.15) is 0 Å². The van der Waals surface area contributed by atoms with Crippen LogP contribution in [0.25, 0.3) is 11.3 Å². The van der Waals surface area contributed by atoms with E-state index in [-0.39, 0.29) is 17.4 Å². The third kappa shape index (κ3) is 5.70. The summed E-state index contributed by atoms with van der Waals surface area (Å²) in [5.41, 5.74) is 5.92. The Morgan fingerprint density at radius 3 is 2.50 bits per heavy atom. The molecule has 1 aromatic carbocycles. The highest BCUT2D eigenvalue weighted by molar-refractivity contribution is 8.03. The van der Waals surface area contributed by atoms with Crippen molar-refractivity contribution in [2.24, 2.45) is 5.73 Å². The maximum Gasteiger partial charge on any atom is 0.236 e. The molecule has 3 N–H and O–H groups in total. The molecular weight excluding hydrogens is 448 g/mol. The molecule has 2 aromatic heterocycles. The van der Waals surface area contributed by atoms with Crippen LogP contribution >= 0.6 is 46.2 Å². The summed E-state index contributed by atoms with van der Waals surface area (Å²) in [4.78, 5) is 27.0. The Balaban J connectivity index is 1.52. The zero-order valence-electron chi connectivity index (χ0n) is 13.8. The minimum Gasteiger partial charge on any atom is -0.369 e. The molecule has 28 heavy (non-hydrogen) atoms. The molecule has 0 fully saturated rings. The summed E-state index contributed by atoms with van der Waals surface area (Å²) in [5.74, 6) is -2.42. The van der Waals surface area contributed by atoms with Crippen LogP contribution in [0.1, 0.15) is 0 Å². The van der Waals surface area contributed by atoms with Gasteiger partial charge >= 0.3 is 0 Å². The average Bonchev–Trinajstić information content (AvgIpc) is 3.30. The van der Waals surface area contributed by atoms with E-state index in [1.807, 2.05) is 0 Å². The zero-order valence-corrected chi connectivity index (χ0v) is 17.1. The van der Waals surface area contributed by atoms with Gasteiger partial charge in [-0.3, -0.25) is 9.59 Å². The number of amides is 2. The molecule has 0 unspecified atom stereocenters. The maximum atomic E-state index is 13.3. The number of thiazole rings is 1. The number of nitrogens with two attached hydrogens (primary N) is 1. The number of carbonyl (C=O) groups is 2. The van der Waals surface area contributed by atoms with Gasteiger partial charge in [0, 0.05) is 10.9 Å². The molecule has 146 valence electrons. The predicted octanol–water partition coefficient (Wildman–Crippen LogP) is 3.25. The Bertz CT molecular complexity index is 1010. The van der Waals surface area contributed by atoms with Crippen molar-refractivity contribution in [3.05, 3.63) is 35.2 Å². The van der Waals surface area contributed by atoms with Crippen LogP contribution < -0.4 is 11.1 Å². The number of hydrogen-bond donors (Lipinski definition) is 2. The van der Waals surface area contributed by atoms with Gasteiger partial charge in [-0.05, 0) is 18.2 Å². The lowest BCUT2D eigenvalue weighted by Crippen LogP contribution is -2.13. The lowest BCUT2D eigenvalue weighted by atomic mass is 10.2. The highest BCUT2D eigenvalue weighted by Gasteiger charge is 2.12. The Hall–Kier alpha value is -2.09. The number of hydrogen-bond acceptors (Lipinski definition) is 9. The predicted molar refractivity (Wildman–Crippen MR) is 107 cm³/mol. The molecule has 2 amide bonds. The molecule has 0 saturated carbocycles. The summed E-state index contributed by atoms with van der Waals surface area (Å²) in [5, 5.41) is 12.5. The lowest BCUT2D eigenvalue weighted by molar-refractivity contribution is -0.115. The summed E-state index contributed by atoms with van der Waals surface area (Å²) < 4.78 is 27.5. The van der Waals surface area contributed by atoms with E-state index in [2.05, 4.69) is 20.5 Å². The molecular formula is C15H11F2N5O2S4. The van der Waals surface area contributed by atoms with E-state index in [4.69, 9.17) is 5.73 Å². The first kappa shape index (κ1) is 20.6. The molecule has 2 heterocycles. The molecule has 0 aliphatic rings. The van der Waals surface area contributed by atoms with E-state index < -0.39 is 17.5 Å². The van der Waals surface area contributed by atoms with Gasteiger partial charge in [0.25, 0.3) is 0 Å². The molecule has 0 aliphatic carbocycles. The number of primary amides is 1. The van der Waals surface area contributed by atoms with Gasteiger partial charge in [-0.15, -0.1) is 21.5 Å². The van der Waals surface area contributed by atoms with Crippen LogP contribution in [0.5, 0.6) is 0 Å². The molecule has 0 spiro atoms. The van der Waals surface area contributed by atoms with Crippen LogP contribution in [-0.2, 0) is 9.59 Å². The van der Waals surface area contributed by atoms with Crippen molar-refractivity contribution in [1.82, 2.24) is 15.2 Å². The molecule has 3 aromatic rings.